The number of nitrogens with one attached hydrogen (secondary N) is 1. The number of aliphatic imine (C=N–C) groups is 1. The van der Waals surface area contributed by atoms with Gasteiger partial charge < -0.3 is 25.3 Å². The number of pyridine rings is 1. The number of hydrogen-bond donors (Lipinski definition) is 2. The van der Waals surface area contributed by atoms with E-state index in [9.17, 15) is 0 Å². The molecule has 0 saturated carbocycles. The van der Waals surface area contributed by atoms with Crippen LogP contribution in [0.3, 0.4) is 0 Å². The number of morpholine rings is 1. The number of guanidine groups is 1. The molecule has 0 radical (unpaired) electrons. The highest BCUT2D eigenvalue weighted by Gasteiger charge is 2.09. The number of halogens is 1. The molecule has 0 bridgehead atoms. The second-order valence-corrected chi connectivity index (χ2v) is 6.92. The Morgan fingerprint density at radius 1 is 1.19 bits per heavy atom. The average molecular weight is 541 g/mol. The molecule has 0 spiro atoms. The number of nitrogens with two attached hydrogens (primary N) is 1. The van der Waals surface area contributed by atoms with Crippen LogP contribution in [0.1, 0.15) is 18.9 Å². The molecular formula is C22H32IN5O3. The molecule has 2 aromatic rings. The Morgan fingerprint density at radius 2 is 1.97 bits per heavy atom. The molecule has 1 fully saturated rings. The van der Waals surface area contributed by atoms with Gasteiger partial charge in [-0.25, -0.2) is 9.98 Å². The van der Waals surface area contributed by atoms with Gasteiger partial charge in [0.1, 0.15) is 0 Å². The summed E-state index contributed by atoms with van der Waals surface area (Å²) in [4.78, 5) is 11.1. The van der Waals surface area contributed by atoms with E-state index in [-0.39, 0.29) is 24.0 Å². The minimum Gasteiger partial charge on any atom is -0.490 e. The molecule has 1 saturated heterocycles. The summed E-state index contributed by atoms with van der Waals surface area (Å²) in [6.45, 7) is 8.49. The summed E-state index contributed by atoms with van der Waals surface area (Å²) in [5, 5.41) is 3.17. The highest BCUT2D eigenvalue weighted by Crippen LogP contribution is 2.30. The second-order valence-electron chi connectivity index (χ2n) is 6.92. The van der Waals surface area contributed by atoms with Crippen LogP contribution in [0.15, 0.2) is 47.6 Å². The molecular weight excluding hydrogens is 509 g/mol. The maximum Gasteiger partial charge on any atom is 0.219 e. The first-order valence-electron chi connectivity index (χ1n) is 10.4. The highest BCUT2D eigenvalue weighted by atomic mass is 127. The Bertz CT molecular complexity index is 798. The molecule has 0 aliphatic carbocycles. The van der Waals surface area contributed by atoms with Gasteiger partial charge in [-0.1, -0.05) is 18.2 Å². The lowest BCUT2D eigenvalue weighted by atomic mass is 10.3. The van der Waals surface area contributed by atoms with Crippen LogP contribution in [0.4, 0.5) is 0 Å². The summed E-state index contributed by atoms with van der Waals surface area (Å²) >= 11 is 0. The van der Waals surface area contributed by atoms with E-state index in [1.54, 1.807) is 6.20 Å². The first-order valence-corrected chi connectivity index (χ1v) is 10.4. The third-order valence-electron chi connectivity index (χ3n) is 4.65. The molecule has 31 heavy (non-hydrogen) atoms. The van der Waals surface area contributed by atoms with E-state index in [0.717, 1.165) is 51.4 Å². The predicted molar refractivity (Wildman–Crippen MR) is 133 cm³/mol. The summed E-state index contributed by atoms with van der Waals surface area (Å²) in [5.74, 6) is 2.29. The van der Waals surface area contributed by atoms with Crippen LogP contribution in [-0.2, 0) is 11.3 Å². The number of nitrogens with zero attached hydrogens (tertiary/aromatic N) is 3. The van der Waals surface area contributed by atoms with Crippen LogP contribution in [0.2, 0.25) is 0 Å². The van der Waals surface area contributed by atoms with Crippen molar-refractivity contribution < 1.29 is 14.2 Å². The van der Waals surface area contributed by atoms with Crippen molar-refractivity contribution in [3.8, 4) is 17.4 Å². The van der Waals surface area contributed by atoms with E-state index in [0.29, 0.717) is 36.5 Å². The summed E-state index contributed by atoms with van der Waals surface area (Å²) in [5.41, 5.74) is 6.92. The molecule has 1 aromatic carbocycles. The van der Waals surface area contributed by atoms with Gasteiger partial charge in [-0.2, -0.15) is 0 Å². The molecule has 3 N–H and O–H groups in total. The number of hydrogen-bond acceptors (Lipinski definition) is 6. The number of ether oxygens (including phenoxy) is 3. The fourth-order valence-electron chi connectivity index (χ4n) is 3.06. The molecule has 1 aromatic heterocycles. The molecule has 0 atom stereocenters. The zero-order valence-electron chi connectivity index (χ0n) is 18.0. The summed E-state index contributed by atoms with van der Waals surface area (Å²) < 4.78 is 16.8. The lowest BCUT2D eigenvalue weighted by Crippen LogP contribution is -2.39. The van der Waals surface area contributed by atoms with Gasteiger partial charge in [0.05, 0.1) is 26.4 Å². The zero-order chi connectivity index (χ0) is 21.0. The molecule has 9 heteroatoms. The van der Waals surface area contributed by atoms with Crippen molar-refractivity contribution in [2.24, 2.45) is 10.7 Å². The molecule has 2 heterocycles. The normalized spacial score (nSPS) is 14.5. The van der Waals surface area contributed by atoms with Gasteiger partial charge in [-0.3, -0.25) is 4.90 Å². The second kappa shape index (κ2) is 14.0. The van der Waals surface area contributed by atoms with E-state index in [2.05, 4.69) is 20.2 Å². The quantitative estimate of drug-likeness (QED) is 0.207. The van der Waals surface area contributed by atoms with Gasteiger partial charge >= 0.3 is 0 Å². The summed E-state index contributed by atoms with van der Waals surface area (Å²) in [6.07, 6.45) is 2.76. The first-order chi connectivity index (χ1) is 14.7. The van der Waals surface area contributed by atoms with Crippen molar-refractivity contribution in [3.63, 3.8) is 0 Å². The monoisotopic (exact) mass is 541 g/mol. The Hall–Kier alpha value is -2.11. The minimum absolute atomic E-state index is 0. The SMILES string of the molecule is CCOc1ccccc1Oc1ccc(CN=C(N)NCCCN2CCOCC2)cn1.I. The summed E-state index contributed by atoms with van der Waals surface area (Å²) in [7, 11) is 0. The largest absolute Gasteiger partial charge is 0.490 e. The predicted octanol–water partition coefficient (Wildman–Crippen LogP) is 3.02. The Morgan fingerprint density at radius 3 is 2.68 bits per heavy atom. The topological polar surface area (TPSA) is 94.2 Å². The Balaban J connectivity index is 0.00000341. The lowest BCUT2D eigenvalue weighted by Gasteiger charge is -2.26. The van der Waals surface area contributed by atoms with E-state index >= 15 is 0 Å². The maximum atomic E-state index is 5.96. The van der Waals surface area contributed by atoms with Crippen molar-refractivity contribution in [1.29, 1.82) is 0 Å². The van der Waals surface area contributed by atoms with Crippen LogP contribution in [0.5, 0.6) is 17.4 Å². The molecule has 1 aliphatic heterocycles. The van der Waals surface area contributed by atoms with Crippen molar-refractivity contribution >= 4 is 29.9 Å². The molecule has 1 aliphatic rings. The summed E-state index contributed by atoms with van der Waals surface area (Å²) in [6, 6.07) is 11.3. The number of rotatable bonds is 10. The zero-order valence-corrected chi connectivity index (χ0v) is 20.3. The molecule has 8 nitrogen and oxygen atoms in total. The molecule has 3 rings (SSSR count). The maximum absolute atomic E-state index is 5.96. The van der Waals surface area contributed by atoms with Gasteiger partial charge in [-0.05, 0) is 37.6 Å². The van der Waals surface area contributed by atoms with Crippen molar-refractivity contribution in [2.75, 3.05) is 46.0 Å². The van der Waals surface area contributed by atoms with Gasteiger partial charge in [0, 0.05) is 31.9 Å². The standard InChI is InChI=1S/C22H31N5O3.HI/c1-2-29-19-6-3-4-7-20(19)30-21-9-8-18(16-25-21)17-26-22(23)24-10-5-11-27-12-14-28-15-13-27;/h3-4,6-9,16H,2,5,10-15,17H2,1H3,(H3,23,24,26);1H. The molecule has 0 amide bonds. The van der Waals surface area contributed by atoms with Crippen LogP contribution in [-0.4, -0.2) is 61.8 Å². The number of para-hydroxylation sites is 2. The first kappa shape index (κ1) is 25.2. The fraction of sp³-hybridized carbons (Fsp3) is 0.455. The third kappa shape index (κ3) is 8.88. The van der Waals surface area contributed by atoms with E-state index in [1.807, 2.05) is 43.3 Å². The lowest BCUT2D eigenvalue weighted by molar-refractivity contribution is 0.0376. The smallest absolute Gasteiger partial charge is 0.219 e. The van der Waals surface area contributed by atoms with Gasteiger partial charge in [-0.15, -0.1) is 24.0 Å². The van der Waals surface area contributed by atoms with Crippen LogP contribution >= 0.6 is 24.0 Å². The van der Waals surface area contributed by atoms with Gasteiger partial charge in [0.15, 0.2) is 17.5 Å². The van der Waals surface area contributed by atoms with E-state index in [1.165, 1.54) is 0 Å². The van der Waals surface area contributed by atoms with Crippen LogP contribution in [0, 0.1) is 0 Å². The Labute approximate surface area is 201 Å². The number of benzene rings is 1. The molecule has 170 valence electrons. The fourth-order valence-corrected chi connectivity index (χ4v) is 3.06. The number of aromatic nitrogens is 1. The van der Waals surface area contributed by atoms with Crippen molar-refractivity contribution in [3.05, 3.63) is 48.2 Å². The van der Waals surface area contributed by atoms with Crippen LogP contribution in [0.25, 0.3) is 0 Å². The third-order valence-corrected chi connectivity index (χ3v) is 4.65. The molecule has 0 unspecified atom stereocenters. The van der Waals surface area contributed by atoms with Crippen molar-refractivity contribution in [2.45, 2.75) is 19.9 Å². The van der Waals surface area contributed by atoms with Crippen molar-refractivity contribution in [1.82, 2.24) is 15.2 Å². The van der Waals surface area contributed by atoms with E-state index in [4.69, 9.17) is 19.9 Å². The highest BCUT2D eigenvalue weighted by molar-refractivity contribution is 14.0. The van der Waals surface area contributed by atoms with E-state index < -0.39 is 0 Å². The minimum atomic E-state index is 0. The van der Waals surface area contributed by atoms with Crippen LogP contribution < -0.4 is 20.5 Å². The Kier molecular flexibility index (Phi) is 11.4. The van der Waals surface area contributed by atoms with Gasteiger partial charge in [0.25, 0.3) is 0 Å². The average Bonchev–Trinajstić information content (AvgIpc) is 2.78. The van der Waals surface area contributed by atoms with Gasteiger partial charge in [0.2, 0.25) is 5.88 Å².